The molecule has 1 aromatic carbocycles. The summed E-state index contributed by atoms with van der Waals surface area (Å²) in [4.78, 5) is 25.7. The first-order valence-corrected chi connectivity index (χ1v) is 6.49. The van der Waals surface area contributed by atoms with Crippen molar-refractivity contribution in [3.63, 3.8) is 0 Å². The second-order valence-corrected chi connectivity index (χ2v) is 4.85. The van der Waals surface area contributed by atoms with Gasteiger partial charge in [-0.3, -0.25) is 9.25 Å². The molecular formula is C14H14N4O3. The van der Waals surface area contributed by atoms with E-state index in [4.69, 9.17) is 5.11 Å². The van der Waals surface area contributed by atoms with E-state index in [0.717, 1.165) is 5.69 Å². The molecule has 0 aliphatic rings. The number of hydrogen-bond donors (Lipinski definition) is 2. The Morgan fingerprint density at radius 2 is 2.19 bits per heavy atom. The lowest BCUT2D eigenvalue weighted by Gasteiger charge is -2.02. The van der Waals surface area contributed by atoms with Crippen molar-refractivity contribution < 1.29 is 9.90 Å². The molecule has 2 N–H and O–H groups in total. The number of hydrogen-bond acceptors (Lipinski definition) is 3. The number of fused-ring (bicyclic) bond motifs is 1. The van der Waals surface area contributed by atoms with Gasteiger partial charge in [-0.25, -0.2) is 9.59 Å². The number of nitrogens with zero attached hydrogens (tertiary/aromatic N) is 3. The minimum Gasteiger partial charge on any atom is -0.478 e. The molecule has 108 valence electrons. The lowest BCUT2D eigenvalue weighted by Crippen LogP contribution is -2.18. The molecule has 2 aromatic heterocycles. The number of nitrogens with one attached hydrogen (secondary N) is 1. The fraction of sp³-hybridized carbons (Fsp3) is 0.214. The van der Waals surface area contributed by atoms with Crippen molar-refractivity contribution in [2.45, 2.75) is 13.0 Å². The average molecular weight is 286 g/mol. The number of carbonyl (C=O) groups is 1. The van der Waals surface area contributed by atoms with Gasteiger partial charge in [0.1, 0.15) is 0 Å². The van der Waals surface area contributed by atoms with Gasteiger partial charge in [-0.05, 0) is 24.3 Å². The summed E-state index contributed by atoms with van der Waals surface area (Å²) in [7, 11) is 1.83. The highest BCUT2D eigenvalue weighted by Crippen LogP contribution is 2.13. The van der Waals surface area contributed by atoms with Crippen LogP contribution in [0.4, 0.5) is 0 Å². The number of H-pyrrole nitrogens is 1. The molecule has 7 heteroatoms. The van der Waals surface area contributed by atoms with E-state index >= 15 is 0 Å². The maximum absolute atomic E-state index is 12.0. The Kier molecular flexibility index (Phi) is 3.09. The van der Waals surface area contributed by atoms with Crippen LogP contribution >= 0.6 is 0 Å². The van der Waals surface area contributed by atoms with Crippen LogP contribution in [0.3, 0.4) is 0 Å². The maximum atomic E-state index is 12.0. The van der Waals surface area contributed by atoms with Gasteiger partial charge in [-0.1, -0.05) is 0 Å². The van der Waals surface area contributed by atoms with Crippen molar-refractivity contribution in [3.05, 3.63) is 52.2 Å². The Balaban J connectivity index is 1.96. The number of benzene rings is 1. The smallest absolute Gasteiger partial charge is 0.335 e. The molecule has 0 amide bonds. The van der Waals surface area contributed by atoms with Gasteiger partial charge in [0.05, 0.1) is 22.3 Å². The molecule has 0 radical (unpaired) electrons. The summed E-state index contributed by atoms with van der Waals surface area (Å²) in [6, 6.07) is 6.48. The fourth-order valence-corrected chi connectivity index (χ4v) is 2.33. The number of carboxylic acids is 1. The van der Waals surface area contributed by atoms with Crippen LogP contribution in [0.2, 0.25) is 0 Å². The van der Waals surface area contributed by atoms with Gasteiger partial charge in [-0.2, -0.15) is 5.10 Å². The van der Waals surface area contributed by atoms with Crippen molar-refractivity contribution >= 4 is 17.0 Å². The van der Waals surface area contributed by atoms with Crippen LogP contribution in [0, 0.1) is 0 Å². The summed E-state index contributed by atoms with van der Waals surface area (Å²) in [6.07, 6.45) is 2.45. The van der Waals surface area contributed by atoms with Crippen LogP contribution < -0.4 is 5.69 Å². The second kappa shape index (κ2) is 4.93. The van der Waals surface area contributed by atoms with Crippen molar-refractivity contribution in [3.8, 4) is 0 Å². The van der Waals surface area contributed by atoms with Crippen LogP contribution in [0.15, 0.2) is 35.3 Å². The molecule has 0 fully saturated rings. The van der Waals surface area contributed by atoms with Crippen molar-refractivity contribution in [1.82, 2.24) is 19.3 Å². The van der Waals surface area contributed by atoms with Gasteiger partial charge in [-0.15, -0.1) is 0 Å². The molecule has 0 saturated heterocycles. The van der Waals surface area contributed by atoms with Gasteiger partial charge >= 0.3 is 11.7 Å². The fourth-order valence-electron chi connectivity index (χ4n) is 2.33. The molecule has 0 spiro atoms. The van der Waals surface area contributed by atoms with Crippen molar-refractivity contribution in [1.29, 1.82) is 0 Å². The van der Waals surface area contributed by atoms with E-state index in [9.17, 15) is 9.59 Å². The molecule has 2 heterocycles. The lowest BCUT2D eigenvalue weighted by atomic mass is 10.2. The highest BCUT2D eigenvalue weighted by atomic mass is 16.4. The molecule has 21 heavy (non-hydrogen) atoms. The predicted molar refractivity (Wildman–Crippen MR) is 76.4 cm³/mol. The summed E-state index contributed by atoms with van der Waals surface area (Å²) < 4.78 is 3.24. The minimum absolute atomic E-state index is 0.160. The number of aromatic amines is 1. The van der Waals surface area contributed by atoms with Gasteiger partial charge < -0.3 is 10.1 Å². The van der Waals surface area contributed by atoms with Crippen LogP contribution in [-0.2, 0) is 20.0 Å². The Morgan fingerprint density at radius 3 is 2.86 bits per heavy atom. The topological polar surface area (TPSA) is 92.9 Å². The van der Waals surface area contributed by atoms with Crippen LogP contribution in [0.1, 0.15) is 16.1 Å². The highest BCUT2D eigenvalue weighted by molar-refractivity contribution is 5.92. The van der Waals surface area contributed by atoms with E-state index in [1.807, 2.05) is 19.3 Å². The van der Waals surface area contributed by atoms with Crippen LogP contribution in [-0.4, -0.2) is 30.4 Å². The standard InChI is InChI=1S/C14H14N4O3/c1-17-6-4-10(16-17)5-7-18-12-8-9(13(19)20)2-3-11(12)15-14(18)21/h2-4,6,8H,5,7H2,1H3,(H,15,21)(H,19,20). The molecule has 0 aliphatic heterocycles. The SMILES string of the molecule is Cn1ccc(CCn2c(=O)[nH]c3ccc(C(=O)O)cc32)n1. The van der Waals surface area contributed by atoms with Gasteiger partial charge in [0, 0.05) is 26.2 Å². The van der Waals surface area contributed by atoms with Gasteiger partial charge in [0.25, 0.3) is 0 Å². The number of imidazole rings is 1. The molecule has 0 aliphatic carbocycles. The van der Waals surface area contributed by atoms with E-state index in [2.05, 4.69) is 10.1 Å². The average Bonchev–Trinajstić information content (AvgIpc) is 2.98. The first-order valence-electron chi connectivity index (χ1n) is 6.49. The zero-order valence-corrected chi connectivity index (χ0v) is 11.4. The molecule has 0 unspecified atom stereocenters. The van der Waals surface area contributed by atoms with E-state index in [0.29, 0.717) is 24.0 Å². The quantitative estimate of drug-likeness (QED) is 0.748. The zero-order chi connectivity index (χ0) is 15.0. The molecule has 3 aromatic rings. The van der Waals surface area contributed by atoms with E-state index in [-0.39, 0.29) is 11.3 Å². The van der Waals surface area contributed by atoms with Crippen LogP contribution in [0.5, 0.6) is 0 Å². The summed E-state index contributed by atoms with van der Waals surface area (Å²) in [5.41, 5.74) is 2.02. The second-order valence-electron chi connectivity index (χ2n) is 4.85. The lowest BCUT2D eigenvalue weighted by molar-refractivity contribution is 0.0697. The summed E-state index contributed by atoms with van der Waals surface area (Å²) >= 11 is 0. The van der Waals surface area contributed by atoms with Gasteiger partial charge in [0.15, 0.2) is 0 Å². The zero-order valence-electron chi connectivity index (χ0n) is 11.4. The Morgan fingerprint density at radius 1 is 1.38 bits per heavy atom. The number of aromatic carboxylic acids is 1. The van der Waals surface area contributed by atoms with Crippen LogP contribution in [0.25, 0.3) is 11.0 Å². The summed E-state index contributed by atoms with van der Waals surface area (Å²) in [6.45, 7) is 0.443. The molecule has 0 saturated carbocycles. The molecular weight excluding hydrogens is 272 g/mol. The van der Waals surface area contributed by atoms with Crippen molar-refractivity contribution in [2.75, 3.05) is 0 Å². The first kappa shape index (κ1) is 13.2. The summed E-state index contributed by atoms with van der Waals surface area (Å²) in [5.74, 6) is -1.01. The summed E-state index contributed by atoms with van der Waals surface area (Å²) in [5, 5.41) is 13.3. The van der Waals surface area contributed by atoms with Crippen molar-refractivity contribution in [2.24, 2.45) is 7.05 Å². The van der Waals surface area contributed by atoms with E-state index < -0.39 is 5.97 Å². The normalized spacial score (nSPS) is 11.1. The molecule has 0 atom stereocenters. The third-order valence-electron chi connectivity index (χ3n) is 3.38. The highest BCUT2D eigenvalue weighted by Gasteiger charge is 2.10. The number of carboxylic acid groups (broad SMARTS) is 1. The third kappa shape index (κ3) is 2.45. The largest absolute Gasteiger partial charge is 0.478 e. The molecule has 7 nitrogen and oxygen atoms in total. The third-order valence-corrected chi connectivity index (χ3v) is 3.38. The monoisotopic (exact) mass is 286 g/mol. The van der Waals surface area contributed by atoms with E-state index in [1.54, 1.807) is 10.7 Å². The molecule has 0 bridgehead atoms. The molecule has 3 rings (SSSR count). The Hall–Kier alpha value is -2.83. The van der Waals surface area contributed by atoms with E-state index in [1.165, 1.54) is 16.7 Å². The number of aromatic nitrogens is 4. The number of aryl methyl sites for hydroxylation is 3. The predicted octanol–water partition coefficient (Wildman–Crippen LogP) is 1.00. The van der Waals surface area contributed by atoms with Gasteiger partial charge in [0.2, 0.25) is 0 Å². The minimum atomic E-state index is -1.01. The Bertz CT molecular complexity index is 872. The Labute approximate surface area is 119 Å². The maximum Gasteiger partial charge on any atom is 0.335 e. The number of rotatable bonds is 4. The first-order chi connectivity index (χ1) is 10.0.